The molecular formula is C12H16Br2O. The van der Waals surface area contributed by atoms with Crippen LogP contribution >= 0.6 is 31.9 Å². The molecular weight excluding hydrogens is 320 g/mol. The van der Waals surface area contributed by atoms with Gasteiger partial charge in [0.2, 0.25) is 0 Å². The minimum atomic E-state index is 0.157. The minimum absolute atomic E-state index is 0.157. The molecule has 84 valence electrons. The summed E-state index contributed by atoms with van der Waals surface area (Å²) in [5.74, 6) is 0.912. The standard InChI is InChI=1S/C12H16Br2O/c1-9-4-5-11(10(14)6-9)15-8-12(2,3)7-13/h4-6H,7-8H2,1-3H3. The molecule has 0 aliphatic heterocycles. The Labute approximate surface area is 108 Å². The number of aryl methyl sites for hydroxylation is 1. The largest absolute Gasteiger partial charge is 0.492 e. The summed E-state index contributed by atoms with van der Waals surface area (Å²) in [6.45, 7) is 7.12. The van der Waals surface area contributed by atoms with Gasteiger partial charge in [-0.2, -0.15) is 0 Å². The zero-order chi connectivity index (χ0) is 11.5. The first-order chi connectivity index (χ1) is 6.94. The second kappa shape index (κ2) is 5.35. The van der Waals surface area contributed by atoms with Gasteiger partial charge in [0.25, 0.3) is 0 Å². The molecule has 0 N–H and O–H groups in total. The fourth-order valence-electron chi connectivity index (χ4n) is 1.03. The van der Waals surface area contributed by atoms with Gasteiger partial charge in [0.05, 0.1) is 11.1 Å². The van der Waals surface area contributed by atoms with Crippen molar-refractivity contribution in [2.24, 2.45) is 5.41 Å². The molecule has 0 aromatic heterocycles. The van der Waals surface area contributed by atoms with Gasteiger partial charge < -0.3 is 4.74 Å². The van der Waals surface area contributed by atoms with Gasteiger partial charge in [0.15, 0.2) is 0 Å². The first kappa shape index (κ1) is 13.0. The first-order valence-electron chi connectivity index (χ1n) is 4.89. The Balaban J connectivity index is 2.66. The molecule has 1 nitrogen and oxygen atoms in total. The summed E-state index contributed by atoms with van der Waals surface area (Å²) in [6.07, 6.45) is 0. The highest BCUT2D eigenvalue weighted by molar-refractivity contribution is 9.10. The Bertz CT molecular complexity index is 334. The van der Waals surface area contributed by atoms with Crippen molar-refractivity contribution in [2.45, 2.75) is 20.8 Å². The number of halogens is 2. The van der Waals surface area contributed by atoms with Crippen molar-refractivity contribution in [2.75, 3.05) is 11.9 Å². The average Bonchev–Trinajstić information content (AvgIpc) is 2.16. The lowest BCUT2D eigenvalue weighted by Crippen LogP contribution is -2.22. The van der Waals surface area contributed by atoms with Crippen molar-refractivity contribution in [1.82, 2.24) is 0 Å². The summed E-state index contributed by atoms with van der Waals surface area (Å²) in [7, 11) is 0. The van der Waals surface area contributed by atoms with Crippen LogP contribution in [0.25, 0.3) is 0 Å². The molecule has 0 spiro atoms. The third-order valence-electron chi connectivity index (χ3n) is 2.07. The van der Waals surface area contributed by atoms with E-state index in [2.05, 4.69) is 64.8 Å². The molecule has 0 fully saturated rings. The quantitative estimate of drug-likeness (QED) is 0.733. The van der Waals surface area contributed by atoms with E-state index >= 15 is 0 Å². The summed E-state index contributed by atoms with van der Waals surface area (Å²) in [4.78, 5) is 0. The maximum absolute atomic E-state index is 5.77. The van der Waals surface area contributed by atoms with Crippen LogP contribution in [0.3, 0.4) is 0 Å². The highest BCUT2D eigenvalue weighted by Crippen LogP contribution is 2.28. The zero-order valence-corrected chi connectivity index (χ0v) is 12.5. The Morgan fingerprint density at radius 3 is 2.53 bits per heavy atom. The van der Waals surface area contributed by atoms with Crippen LogP contribution in [0.5, 0.6) is 5.75 Å². The Hall–Kier alpha value is -0.0200. The molecule has 0 atom stereocenters. The van der Waals surface area contributed by atoms with Gasteiger partial charge in [-0.1, -0.05) is 35.8 Å². The van der Waals surface area contributed by atoms with Crippen LogP contribution in [0.1, 0.15) is 19.4 Å². The van der Waals surface area contributed by atoms with Gasteiger partial charge in [-0.3, -0.25) is 0 Å². The molecule has 0 saturated heterocycles. The first-order valence-corrected chi connectivity index (χ1v) is 6.81. The van der Waals surface area contributed by atoms with Gasteiger partial charge in [-0.25, -0.2) is 0 Å². The van der Waals surface area contributed by atoms with E-state index in [0.29, 0.717) is 6.61 Å². The Morgan fingerprint density at radius 2 is 2.00 bits per heavy atom. The minimum Gasteiger partial charge on any atom is -0.492 e. The van der Waals surface area contributed by atoms with Crippen molar-refractivity contribution in [3.63, 3.8) is 0 Å². The van der Waals surface area contributed by atoms with E-state index in [0.717, 1.165) is 15.6 Å². The van der Waals surface area contributed by atoms with E-state index in [-0.39, 0.29) is 5.41 Å². The van der Waals surface area contributed by atoms with E-state index < -0.39 is 0 Å². The van der Waals surface area contributed by atoms with Crippen molar-refractivity contribution in [3.05, 3.63) is 28.2 Å². The number of ether oxygens (including phenoxy) is 1. The van der Waals surface area contributed by atoms with E-state index in [1.165, 1.54) is 5.56 Å². The van der Waals surface area contributed by atoms with E-state index in [9.17, 15) is 0 Å². The highest BCUT2D eigenvalue weighted by atomic mass is 79.9. The van der Waals surface area contributed by atoms with Crippen molar-refractivity contribution in [3.8, 4) is 5.75 Å². The van der Waals surface area contributed by atoms with Gasteiger partial charge >= 0.3 is 0 Å². The molecule has 3 heteroatoms. The van der Waals surface area contributed by atoms with Crippen molar-refractivity contribution >= 4 is 31.9 Å². The van der Waals surface area contributed by atoms with Crippen LogP contribution in [-0.4, -0.2) is 11.9 Å². The number of hydrogen-bond acceptors (Lipinski definition) is 1. The SMILES string of the molecule is Cc1ccc(OCC(C)(C)CBr)c(Br)c1. The van der Waals surface area contributed by atoms with Gasteiger partial charge in [0, 0.05) is 10.7 Å². The van der Waals surface area contributed by atoms with Crippen LogP contribution in [0.2, 0.25) is 0 Å². The maximum Gasteiger partial charge on any atom is 0.133 e. The number of rotatable bonds is 4. The summed E-state index contributed by atoms with van der Waals surface area (Å²) in [5.41, 5.74) is 1.39. The molecule has 1 rings (SSSR count). The number of benzene rings is 1. The predicted molar refractivity (Wildman–Crippen MR) is 71.9 cm³/mol. The third kappa shape index (κ3) is 4.15. The Morgan fingerprint density at radius 1 is 1.33 bits per heavy atom. The molecule has 0 amide bonds. The van der Waals surface area contributed by atoms with E-state index in [1.54, 1.807) is 0 Å². The summed E-state index contributed by atoms with van der Waals surface area (Å²) in [5, 5.41) is 0.934. The topological polar surface area (TPSA) is 9.23 Å². The molecule has 0 bridgehead atoms. The molecule has 15 heavy (non-hydrogen) atoms. The van der Waals surface area contributed by atoms with E-state index in [1.807, 2.05) is 6.07 Å². The average molecular weight is 336 g/mol. The highest BCUT2D eigenvalue weighted by Gasteiger charge is 2.17. The lowest BCUT2D eigenvalue weighted by Gasteiger charge is -2.22. The molecule has 0 heterocycles. The Kier molecular flexibility index (Phi) is 4.65. The van der Waals surface area contributed by atoms with Crippen LogP contribution in [-0.2, 0) is 0 Å². The molecule has 0 radical (unpaired) electrons. The van der Waals surface area contributed by atoms with Crippen molar-refractivity contribution < 1.29 is 4.74 Å². The fourth-order valence-corrected chi connectivity index (χ4v) is 1.80. The predicted octanol–water partition coefficient (Wildman–Crippen LogP) is 4.56. The van der Waals surface area contributed by atoms with Crippen LogP contribution in [0.4, 0.5) is 0 Å². The van der Waals surface area contributed by atoms with Crippen LogP contribution in [0, 0.1) is 12.3 Å². The monoisotopic (exact) mass is 334 g/mol. The van der Waals surface area contributed by atoms with Gasteiger partial charge in [-0.05, 0) is 40.5 Å². The molecule has 1 aromatic carbocycles. The van der Waals surface area contributed by atoms with Gasteiger partial charge in [0.1, 0.15) is 5.75 Å². The molecule has 1 aromatic rings. The zero-order valence-electron chi connectivity index (χ0n) is 9.31. The molecule has 0 saturated carbocycles. The molecule has 0 unspecified atom stereocenters. The van der Waals surface area contributed by atoms with Gasteiger partial charge in [-0.15, -0.1) is 0 Å². The summed E-state index contributed by atoms with van der Waals surface area (Å²) >= 11 is 6.98. The van der Waals surface area contributed by atoms with Crippen molar-refractivity contribution in [1.29, 1.82) is 0 Å². The fraction of sp³-hybridized carbons (Fsp3) is 0.500. The summed E-state index contributed by atoms with van der Waals surface area (Å²) in [6, 6.07) is 6.13. The second-order valence-electron chi connectivity index (χ2n) is 4.52. The number of alkyl halides is 1. The normalized spacial score (nSPS) is 11.5. The summed E-state index contributed by atoms with van der Waals surface area (Å²) < 4.78 is 6.79. The van der Waals surface area contributed by atoms with E-state index in [4.69, 9.17) is 4.74 Å². The molecule has 0 aliphatic carbocycles. The molecule has 0 aliphatic rings. The lowest BCUT2D eigenvalue weighted by atomic mass is 9.98. The van der Waals surface area contributed by atoms with Crippen LogP contribution < -0.4 is 4.74 Å². The smallest absolute Gasteiger partial charge is 0.133 e. The number of hydrogen-bond donors (Lipinski definition) is 0. The second-order valence-corrected chi connectivity index (χ2v) is 5.94. The van der Waals surface area contributed by atoms with Crippen LogP contribution in [0.15, 0.2) is 22.7 Å². The maximum atomic E-state index is 5.77. The lowest BCUT2D eigenvalue weighted by molar-refractivity contribution is 0.202. The third-order valence-corrected chi connectivity index (χ3v) is 4.21.